The molecule has 0 radical (unpaired) electrons. The molecule has 0 unspecified atom stereocenters. The molecule has 3 rings (SSSR count). The molecule has 0 amide bonds. The minimum absolute atomic E-state index is 0. The van der Waals surface area contributed by atoms with Crippen molar-refractivity contribution in [3.05, 3.63) is 12.2 Å². The molecule has 1 aliphatic carbocycles. The molecule has 0 aromatic carbocycles. The van der Waals surface area contributed by atoms with Gasteiger partial charge in [0.1, 0.15) is 0 Å². The van der Waals surface area contributed by atoms with E-state index in [0.29, 0.717) is 24.2 Å². The van der Waals surface area contributed by atoms with E-state index in [9.17, 15) is 5.11 Å². The minimum atomic E-state index is -0.930. The van der Waals surface area contributed by atoms with Crippen LogP contribution in [0.2, 0.25) is 0 Å². The lowest BCUT2D eigenvalue weighted by atomic mass is 9.77. The van der Waals surface area contributed by atoms with Gasteiger partial charge in [0.05, 0.1) is 5.60 Å². The number of fused-ring (bicyclic) bond motifs is 1. The van der Waals surface area contributed by atoms with E-state index in [1.165, 1.54) is 18.4 Å². The highest BCUT2D eigenvalue weighted by Gasteiger charge is 2.66. The van der Waals surface area contributed by atoms with Crippen LogP contribution in [0.1, 0.15) is 46.5 Å². The maximum Gasteiger partial charge on any atom is 0.173 e. The zero-order chi connectivity index (χ0) is 12.4. The van der Waals surface area contributed by atoms with Crippen molar-refractivity contribution in [2.45, 2.75) is 57.8 Å². The molecule has 2 aliphatic heterocycles. The van der Waals surface area contributed by atoms with Crippen LogP contribution in [0.3, 0.4) is 0 Å². The second kappa shape index (κ2) is 4.06. The van der Waals surface area contributed by atoms with Crippen molar-refractivity contribution in [2.24, 2.45) is 23.7 Å². The predicted octanol–water partition coefficient (Wildman–Crippen LogP) is 3.27. The number of hydrogen-bond acceptors (Lipinski definition) is 3. The second-order valence-electron chi connectivity index (χ2n) is 6.82. The summed E-state index contributed by atoms with van der Waals surface area (Å²) in [6.07, 6.45) is 4.08. The van der Waals surface area contributed by atoms with Gasteiger partial charge >= 0.3 is 0 Å². The Morgan fingerprint density at radius 1 is 1.39 bits per heavy atom. The third-order valence-electron chi connectivity index (χ3n) is 5.58. The molecular formula is C15H27NO2. The lowest BCUT2D eigenvalue weighted by Gasteiger charge is -2.43. The minimum Gasteiger partial charge on any atom is -0.365 e. The van der Waals surface area contributed by atoms with Gasteiger partial charge in [-0.1, -0.05) is 32.9 Å². The highest BCUT2D eigenvalue weighted by molar-refractivity contribution is 5.24. The van der Waals surface area contributed by atoms with Crippen LogP contribution in [0.4, 0.5) is 0 Å². The Kier molecular flexibility index (Phi) is 3.16. The quantitative estimate of drug-likeness (QED) is 0.705. The topological polar surface area (TPSA) is 64.5 Å². The molecule has 3 heteroatoms. The van der Waals surface area contributed by atoms with Crippen molar-refractivity contribution < 1.29 is 9.84 Å². The van der Waals surface area contributed by atoms with Crippen LogP contribution in [0.25, 0.3) is 0 Å². The van der Waals surface area contributed by atoms with Crippen LogP contribution in [-0.4, -0.2) is 16.5 Å². The third-order valence-corrected chi connectivity index (χ3v) is 5.58. The summed E-state index contributed by atoms with van der Waals surface area (Å²) in [5, 5.41) is 10.8. The van der Waals surface area contributed by atoms with Crippen LogP contribution >= 0.6 is 0 Å². The van der Waals surface area contributed by atoms with Crippen LogP contribution in [-0.2, 0) is 4.74 Å². The summed E-state index contributed by atoms with van der Waals surface area (Å²) in [4.78, 5) is 0. The predicted molar refractivity (Wildman–Crippen MR) is 72.4 cm³/mol. The molecule has 2 saturated heterocycles. The van der Waals surface area contributed by atoms with Gasteiger partial charge in [-0.15, -0.1) is 0 Å². The van der Waals surface area contributed by atoms with E-state index in [1.54, 1.807) is 0 Å². The van der Waals surface area contributed by atoms with Crippen LogP contribution in [0, 0.1) is 23.7 Å². The van der Waals surface area contributed by atoms with Gasteiger partial charge in [0.25, 0.3) is 0 Å². The van der Waals surface area contributed by atoms with Crippen molar-refractivity contribution in [2.75, 3.05) is 0 Å². The molecule has 0 aromatic heterocycles. The molecule has 2 heterocycles. The molecular weight excluding hydrogens is 226 g/mol. The van der Waals surface area contributed by atoms with Crippen molar-refractivity contribution in [1.29, 1.82) is 0 Å². The van der Waals surface area contributed by atoms with Gasteiger partial charge in [-0.2, -0.15) is 0 Å². The summed E-state index contributed by atoms with van der Waals surface area (Å²) in [6, 6.07) is 0. The second-order valence-corrected chi connectivity index (χ2v) is 6.82. The first kappa shape index (κ1) is 14.0. The molecule has 104 valence electrons. The summed E-state index contributed by atoms with van der Waals surface area (Å²) in [5.41, 5.74) is 1.13. The molecule has 2 bridgehead atoms. The fourth-order valence-corrected chi connectivity index (χ4v) is 4.64. The van der Waals surface area contributed by atoms with Gasteiger partial charge in [-0.25, -0.2) is 0 Å². The summed E-state index contributed by atoms with van der Waals surface area (Å²) in [7, 11) is 0. The molecule has 1 spiro atoms. The SMILES string of the molecule is C=C1C[C@]2(O)O[C@@]3(C[C@H]2C(C)C)[C@@H](C)CC[C@@H]13.N. The molecule has 3 fully saturated rings. The van der Waals surface area contributed by atoms with Crippen LogP contribution in [0.5, 0.6) is 0 Å². The first-order chi connectivity index (χ1) is 7.89. The smallest absolute Gasteiger partial charge is 0.173 e. The molecule has 0 aromatic rings. The molecule has 1 saturated carbocycles. The van der Waals surface area contributed by atoms with E-state index in [0.717, 1.165) is 6.42 Å². The zero-order valence-corrected chi connectivity index (χ0v) is 11.9. The van der Waals surface area contributed by atoms with Crippen molar-refractivity contribution in [3.63, 3.8) is 0 Å². The van der Waals surface area contributed by atoms with Crippen molar-refractivity contribution >= 4 is 0 Å². The van der Waals surface area contributed by atoms with E-state index in [4.69, 9.17) is 4.74 Å². The molecule has 3 aliphatic rings. The average Bonchev–Trinajstić information content (AvgIpc) is 2.65. The molecule has 5 atom stereocenters. The summed E-state index contributed by atoms with van der Waals surface area (Å²) in [5.74, 6) is 0.852. The van der Waals surface area contributed by atoms with Crippen molar-refractivity contribution in [1.82, 2.24) is 6.15 Å². The fraction of sp³-hybridized carbons (Fsp3) is 0.867. The summed E-state index contributed by atoms with van der Waals surface area (Å²) in [6.45, 7) is 10.9. The first-order valence-corrected chi connectivity index (χ1v) is 6.99. The Balaban J connectivity index is 0.00000120. The Hall–Kier alpha value is -0.380. The highest BCUT2D eigenvalue weighted by Crippen LogP contribution is 2.63. The van der Waals surface area contributed by atoms with E-state index in [2.05, 4.69) is 27.4 Å². The summed E-state index contributed by atoms with van der Waals surface area (Å²) < 4.78 is 6.25. The van der Waals surface area contributed by atoms with E-state index in [-0.39, 0.29) is 17.7 Å². The van der Waals surface area contributed by atoms with E-state index in [1.807, 2.05) is 0 Å². The Bertz CT molecular complexity index is 368. The number of hydrogen-bond donors (Lipinski definition) is 2. The number of ether oxygens (including phenoxy) is 1. The molecule has 3 nitrogen and oxygen atoms in total. The van der Waals surface area contributed by atoms with Crippen LogP contribution in [0.15, 0.2) is 12.2 Å². The molecule has 4 N–H and O–H groups in total. The molecule has 18 heavy (non-hydrogen) atoms. The largest absolute Gasteiger partial charge is 0.365 e. The fourth-order valence-electron chi connectivity index (χ4n) is 4.64. The van der Waals surface area contributed by atoms with Gasteiger partial charge in [0.2, 0.25) is 0 Å². The standard InChI is InChI=1S/C15H24O2.H3N/c1-9(2)13-8-14-11(4)5-6-12(14)10(3)7-15(13,16)17-14;/h9,11-13,16H,3,5-8H2,1-2,4H3;1H3/t11-,12-,13-,14-,15-;/m0./s1. The van der Waals surface area contributed by atoms with E-state index >= 15 is 0 Å². The Morgan fingerprint density at radius 2 is 2.06 bits per heavy atom. The van der Waals surface area contributed by atoms with Crippen LogP contribution < -0.4 is 6.15 Å². The number of rotatable bonds is 1. The first-order valence-electron chi connectivity index (χ1n) is 6.99. The highest BCUT2D eigenvalue weighted by atomic mass is 16.6. The third kappa shape index (κ3) is 1.54. The van der Waals surface area contributed by atoms with Gasteiger partial charge in [-0.05, 0) is 31.1 Å². The average molecular weight is 253 g/mol. The van der Waals surface area contributed by atoms with Gasteiger partial charge in [-0.3, -0.25) is 0 Å². The lowest BCUT2D eigenvalue weighted by molar-refractivity contribution is -0.269. The maximum atomic E-state index is 10.8. The number of aliphatic hydroxyl groups is 1. The maximum absolute atomic E-state index is 10.8. The van der Waals surface area contributed by atoms with Gasteiger partial charge in [0.15, 0.2) is 5.79 Å². The monoisotopic (exact) mass is 253 g/mol. The Morgan fingerprint density at radius 3 is 2.67 bits per heavy atom. The lowest BCUT2D eigenvalue weighted by Crippen LogP contribution is -2.48. The summed E-state index contributed by atoms with van der Waals surface area (Å²) >= 11 is 0. The van der Waals surface area contributed by atoms with Gasteiger partial charge in [0, 0.05) is 18.3 Å². The normalized spacial score (nSPS) is 50.3. The zero-order valence-electron chi connectivity index (χ0n) is 11.9. The van der Waals surface area contributed by atoms with E-state index < -0.39 is 5.79 Å². The van der Waals surface area contributed by atoms with Gasteiger partial charge < -0.3 is 16.0 Å². The Labute approximate surface area is 110 Å². The van der Waals surface area contributed by atoms with Crippen molar-refractivity contribution in [3.8, 4) is 0 Å².